The molecule has 21 heavy (non-hydrogen) atoms. The number of aryl methyl sites for hydroxylation is 1. The summed E-state index contributed by atoms with van der Waals surface area (Å²) in [5, 5.41) is 0. The van der Waals surface area contributed by atoms with Gasteiger partial charge in [0, 0.05) is 6.42 Å². The van der Waals surface area contributed by atoms with E-state index in [2.05, 4.69) is 11.9 Å². The molecule has 1 atom stereocenters. The number of para-hydroxylation sites is 2. The first kappa shape index (κ1) is 15.5. The van der Waals surface area contributed by atoms with Gasteiger partial charge in [-0.25, -0.2) is 9.78 Å². The first-order valence-electron chi connectivity index (χ1n) is 7.39. The van der Waals surface area contributed by atoms with Crippen LogP contribution in [0.15, 0.2) is 24.3 Å². The minimum atomic E-state index is -1.07. The molecule has 1 heterocycles. The highest BCUT2D eigenvalue weighted by Gasteiger charge is 2.31. The SMILES string of the molecule is CCCc1nc2ccccc2n1CC(C)(N)C(=O)OCC. The van der Waals surface area contributed by atoms with Crippen molar-refractivity contribution in [1.29, 1.82) is 0 Å². The average molecular weight is 289 g/mol. The highest BCUT2D eigenvalue weighted by molar-refractivity contribution is 5.81. The Morgan fingerprint density at radius 2 is 2.10 bits per heavy atom. The Hall–Kier alpha value is -1.88. The molecule has 0 saturated carbocycles. The number of imidazole rings is 1. The molecule has 0 amide bonds. The van der Waals surface area contributed by atoms with Crippen LogP contribution < -0.4 is 5.73 Å². The second-order valence-electron chi connectivity index (χ2n) is 5.49. The number of carbonyl (C=O) groups is 1. The van der Waals surface area contributed by atoms with Gasteiger partial charge in [0.05, 0.1) is 24.2 Å². The summed E-state index contributed by atoms with van der Waals surface area (Å²) in [5.41, 5.74) is 7.04. The van der Waals surface area contributed by atoms with E-state index < -0.39 is 5.54 Å². The van der Waals surface area contributed by atoms with E-state index >= 15 is 0 Å². The quantitative estimate of drug-likeness (QED) is 0.828. The van der Waals surface area contributed by atoms with Crippen molar-refractivity contribution in [2.45, 2.75) is 45.7 Å². The summed E-state index contributed by atoms with van der Waals surface area (Å²) in [5.74, 6) is 0.574. The van der Waals surface area contributed by atoms with Crippen LogP contribution in [0.2, 0.25) is 0 Å². The van der Waals surface area contributed by atoms with Crippen LogP contribution in [-0.2, 0) is 22.5 Å². The van der Waals surface area contributed by atoms with Gasteiger partial charge in [0.1, 0.15) is 11.4 Å². The molecule has 5 heteroatoms. The number of nitrogens with zero attached hydrogens (tertiary/aromatic N) is 2. The molecule has 2 aromatic rings. The fourth-order valence-corrected chi connectivity index (χ4v) is 2.41. The number of fused-ring (bicyclic) bond motifs is 1. The summed E-state index contributed by atoms with van der Waals surface area (Å²) in [7, 11) is 0. The Labute approximate surface area is 125 Å². The molecule has 0 aliphatic rings. The molecule has 0 fully saturated rings. The Balaban J connectivity index is 2.40. The second-order valence-corrected chi connectivity index (χ2v) is 5.49. The second kappa shape index (κ2) is 6.26. The van der Waals surface area contributed by atoms with Crippen LogP contribution in [0.3, 0.4) is 0 Å². The van der Waals surface area contributed by atoms with E-state index in [9.17, 15) is 4.79 Å². The number of rotatable bonds is 6. The molecule has 1 aromatic carbocycles. The first-order chi connectivity index (χ1) is 9.99. The normalized spacial score (nSPS) is 14.1. The zero-order valence-corrected chi connectivity index (χ0v) is 12.9. The number of carbonyl (C=O) groups excluding carboxylic acids is 1. The lowest BCUT2D eigenvalue weighted by molar-refractivity contribution is -0.149. The van der Waals surface area contributed by atoms with Crippen LogP contribution in [0.25, 0.3) is 11.0 Å². The molecule has 0 aliphatic heterocycles. The number of ether oxygens (including phenoxy) is 1. The molecule has 0 spiro atoms. The fourth-order valence-electron chi connectivity index (χ4n) is 2.41. The molecule has 1 unspecified atom stereocenters. The number of hydrogen-bond donors (Lipinski definition) is 1. The number of esters is 1. The predicted molar refractivity (Wildman–Crippen MR) is 83.0 cm³/mol. The molecule has 114 valence electrons. The van der Waals surface area contributed by atoms with Crippen molar-refractivity contribution in [2.75, 3.05) is 6.61 Å². The molecule has 0 bridgehead atoms. The summed E-state index contributed by atoms with van der Waals surface area (Å²) in [4.78, 5) is 16.7. The molecule has 5 nitrogen and oxygen atoms in total. The highest BCUT2D eigenvalue weighted by Crippen LogP contribution is 2.20. The summed E-state index contributed by atoms with van der Waals surface area (Å²) in [6.07, 6.45) is 1.84. The molecule has 1 aromatic heterocycles. The average Bonchev–Trinajstić information content (AvgIpc) is 2.77. The third-order valence-electron chi connectivity index (χ3n) is 3.44. The smallest absolute Gasteiger partial charge is 0.327 e. The van der Waals surface area contributed by atoms with Gasteiger partial charge in [0.15, 0.2) is 0 Å². The fraction of sp³-hybridized carbons (Fsp3) is 0.500. The van der Waals surface area contributed by atoms with Crippen LogP contribution in [0, 0.1) is 0 Å². The maximum atomic E-state index is 12.0. The Kier molecular flexibility index (Phi) is 4.63. The van der Waals surface area contributed by atoms with Crippen molar-refractivity contribution in [3.8, 4) is 0 Å². The lowest BCUT2D eigenvalue weighted by atomic mass is 10.0. The minimum Gasteiger partial charge on any atom is -0.465 e. The number of aromatic nitrogens is 2. The van der Waals surface area contributed by atoms with E-state index in [0.717, 1.165) is 29.7 Å². The maximum absolute atomic E-state index is 12.0. The lowest BCUT2D eigenvalue weighted by Gasteiger charge is -2.24. The van der Waals surface area contributed by atoms with Gasteiger partial charge < -0.3 is 15.0 Å². The van der Waals surface area contributed by atoms with E-state index in [4.69, 9.17) is 10.5 Å². The largest absolute Gasteiger partial charge is 0.465 e. The number of benzene rings is 1. The molecule has 0 aliphatic carbocycles. The molecular weight excluding hydrogens is 266 g/mol. The maximum Gasteiger partial charge on any atom is 0.327 e. The van der Waals surface area contributed by atoms with Crippen molar-refractivity contribution in [3.05, 3.63) is 30.1 Å². The summed E-state index contributed by atoms with van der Waals surface area (Å²) in [6.45, 7) is 6.29. The van der Waals surface area contributed by atoms with Gasteiger partial charge >= 0.3 is 5.97 Å². The Morgan fingerprint density at radius 3 is 2.76 bits per heavy atom. The topological polar surface area (TPSA) is 70.1 Å². The zero-order valence-electron chi connectivity index (χ0n) is 12.9. The molecule has 0 saturated heterocycles. The van der Waals surface area contributed by atoms with E-state index in [1.807, 2.05) is 28.8 Å². The summed E-state index contributed by atoms with van der Waals surface area (Å²) >= 11 is 0. The van der Waals surface area contributed by atoms with Crippen molar-refractivity contribution in [1.82, 2.24) is 9.55 Å². The molecule has 2 N–H and O–H groups in total. The van der Waals surface area contributed by atoms with E-state index in [1.165, 1.54) is 0 Å². The zero-order chi connectivity index (χ0) is 15.5. The Bertz CT molecular complexity index is 631. The van der Waals surface area contributed by atoms with Crippen LogP contribution in [0.5, 0.6) is 0 Å². The monoisotopic (exact) mass is 289 g/mol. The van der Waals surface area contributed by atoms with Crippen molar-refractivity contribution in [3.63, 3.8) is 0 Å². The molecule has 0 radical (unpaired) electrons. The van der Waals surface area contributed by atoms with E-state index in [1.54, 1.807) is 13.8 Å². The highest BCUT2D eigenvalue weighted by atomic mass is 16.5. The van der Waals surface area contributed by atoms with Gasteiger partial charge in [0.2, 0.25) is 0 Å². The predicted octanol–water partition coefficient (Wildman–Crippen LogP) is 2.27. The van der Waals surface area contributed by atoms with Crippen LogP contribution in [-0.4, -0.2) is 27.7 Å². The van der Waals surface area contributed by atoms with Gasteiger partial charge in [-0.2, -0.15) is 0 Å². The number of hydrogen-bond acceptors (Lipinski definition) is 4. The summed E-state index contributed by atoms with van der Waals surface area (Å²) < 4.78 is 7.11. The van der Waals surface area contributed by atoms with Crippen molar-refractivity contribution in [2.24, 2.45) is 5.73 Å². The third-order valence-corrected chi connectivity index (χ3v) is 3.44. The Morgan fingerprint density at radius 1 is 1.38 bits per heavy atom. The van der Waals surface area contributed by atoms with Crippen LogP contribution in [0.4, 0.5) is 0 Å². The first-order valence-corrected chi connectivity index (χ1v) is 7.39. The van der Waals surface area contributed by atoms with Gasteiger partial charge in [-0.1, -0.05) is 19.1 Å². The van der Waals surface area contributed by atoms with Gasteiger partial charge in [-0.05, 0) is 32.4 Å². The van der Waals surface area contributed by atoms with Crippen molar-refractivity contribution >= 4 is 17.0 Å². The number of nitrogens with two attached hydrogens (primary N) is 1. The van der Waals surface area contributed by atoms with Gasteiger partial charge in [-0.15, -0.1) is 0 Å². The van der Waals surface area contributed by atoms with Crippen LogP contribution >= 0.6 is 0 Å². The minimum absolute atomic E-state index is 0.331. The summed E-state index contributed by atoms with van der Waals surface area (Å²) in [6, 6.07) is 7.91. The van der Waals surface area contributed by atoms with Gasteiger partial charge in [-0.3, -0.25) is 0 Å². The van der Waals surface area contributed by atoms with Gasteiger partial charge in [0.25, 0.3) is 0 Å². The van der Waals surface area contributed by atoms with Crippen LogP contribution in [0.1, 0.15) is 33.0 Å². The lowest BCUT2D eigenvalue weighted by Crippen LogP contribution is -2.49. The molecular formula is C16H23N3O2. The van der Waals surface area contributed by atoms with E-state index in [0.29, 0.717) is 13.2 Å². The standard InChI is InChI=1S/C16H23N3O2/c1-4-8-14-18-12-9-6-7-10-13(12)19(14)11-16(3,17)15(20)21-5-2/h6-7,9-10H,4-5,8,11,17H2,1-3H3. The third kappa shape index (κ3) is 3.24. The van der Waals surface area contributed by atoms with E-state index in [-0.39, 0.29) is 5.97 Å². The van der Waals surface area contributed by atoms with Crippen molar-refractivity contribution < 1.29 is 9.53 Å². The molecule has 2 rings (SSSR count).